The van der Waals surface area contributed by atoms with Crippen LogP contribution in [-0.4, -0.2) is 63.2 Å². The van der Waals surface area contributed by atoms with Gasteiger partial charge in [0.25, 0.3) is 0 Å². The van der Waals surface area contributed by atoms with Crippen molar-refractivity contribution >= 4 is 17.5 Å². The molecule has 7 nitrogen and oxygen atoms in total. The van der Waals surface area contributed by atoms with Crippen molar-refractivity contribution in [3.05, 3.63) is 29.8 Å². The number of amides is 2. The molecule has 1 fully saturated rings. The van der Waals surface area contributed by atoms with Gasteiger partial charge >= 0.3 is 0 Å². The molecule has 7 heteroatoms. The number of ether oxygens (including phenoxy) is 1. The first-order valence-corrected chi connectivity index (χ1v) is 9.19. The molecule has 0 aliphatic carbocycles. The van der Waals surface area contributed by atoms with Crippen molar-refractivity contribution in [3.63, 3.8) is 0 Å². The normalized spacial score (nSPS) is 16.1. The summed E-state index contributed by atoms with van der Waals surface area (Å²) in [7, 11) is 1.83. The lowest BCUT2D eigenvalue weighted by molar-refractivity contribution is -0.124. The highest BCUT2D eigenvalue weighted by molar-refractivity contribution is 5.90. The Morgan fingerprint density at radius 1 is 1.27 bits per heavy atom. The van der Waals surface area contributed by atoms with E-state index in [-0.39, 0.29) is 17.7 Å². The van der Waals surface area contributed by atoms with E-state index in [0.29, 0.717) is 19.5 Å². The van der Waals surface area contributed by atoms with Gasteiger partial charge in [0.2, 0.25) is 11.8 Å². The number of carbonyl (C=O) groups excluding carboxylic acids is 2. The van der Waals surface area contributed by atoms with Gasteiger partial charge in [0.1, 0.15) is 0 Å². The van der Waals surface area contributed by atoms with Crippen LogP contribution in [0.2, 0.25) is 0 Å². The molecule has 3 N–H and O–H groups in total. The van der Waals surface area contributed by atoms with Crippen molar-refractivity contribution in [1.82, 2.24) is 15.5 Å². The second-order valence-electron chi connectivity index (χ2n) is 6.63. The maximum Gasteiger partial charge on any atom is 0.225 e. The third kappa shape index (κ3) is 7.11. The molecule has 0 spiro atoms. The van der Waals surface area contributed by atoms with E-state index in [4.69, 9.17) is 4.74 Å². The molecule has 144 valence electrons. The lowest BCUT2D eigenvalue weighted by atomic mass is 10.1. The van der Waals surface area contributed by atoms with E-state index < -0.39 is 0 Å². The van der Waals surface area contributed by atoms with Crippen molar-refractivity contribution in [2.75, 3.05) is 51.8 Å². The number of rotatable bonds is 9. The van der Waals surface area contributed by atoms with Gasteiger partial charge in [-0.05, 0) is 24.7 Å². The summed E-state index contributed by atoms with van der Waals surface area (Å²) in [4.78, 5) is 26.4. The summed E-state index contributed by atoms with van der Waals surface area (Å²) in [5, 5.41) is 8.85. The molecule has 1 aromatic carbocycles. The Bertz CT molecular complexity index is 588. The van der Waals surface area contributed by atoms with E-state index in [2.05, 4.69) is 20.9 Å². The van der Waals surface area contributed by atoms with Gasteiger partial charge in [0, 0.05) is 50.7 Å². The topological polar surface area (TPSA) is 82.7 Å². The van der Waals surface area contributed by atoms with E-state index in [1.165, 1.54) is 0 Å². The number of anilines is 1. The monoisotopic (exact) mass is 362 g/mol. The molecule has 1 heterocycles. The predicted octanol–water partition coefficient (Wildman–Crippen LogP) is 0.819. The SMILES string of the molecule is CNCC(C)C(=O)NCc1cccc(NC(=O)CCN2CCOCC2)c1. The van der Waals surface area contributed by atoms with Gasteiger partial charge in [-0.3, -0.25) is 14.5 Å². The zero-order valence-electron chi connectivity index (χ0n) is 15.7. The van der Waals surface area contributed by atoms with E-state index in [9.17, 15) is 9.59 Å². The zero-order valence-corrected chi connectivity index (χ0v) is 15.7. The van der Waals surface area contributed by atoms with Crippen LogP contribution < -0.4 is 16.0 Å². The Balaban J connectivity index is 1.76. The second kappa shape index (κ2) is 10.9. The number of benzene rings is 1. The molecule has 1 atom stereocenters. The number of hydrogen-bond acceptors (Lipinski definition) is 5. The van der Waals surface area contributed by atoms with Crippen LogP contribution in [0.1, 0.15) is 18.9 Å². The Morgan fingerprint density at radius 3 is 2.77 bits per heavy atom. The fraction of sp³-hybridized carbons (Fsp3) is 0.579. The van der Waals surface area contributed by atoms with Crippen LogP contribution in [0.25, 0.3) is 0 Å². The van der Waals surface area contributed by atoms with E-state index in [1.807, 2.05) is 38.2 Å². The first-order valence-electron chi connectivity index (χ1n) is 9.19. The molecule has 1 saturated heterocycles. The largest absolute Gasteiger partial charge is 0.379 e. The van der Waals surface area contributed by atoms with E-state index in [0.717, 1.165) is 44.1 Å². The predicted molar refractivity (Wildman–Crippen MR) is 102 cm³/mol. The second-order valence-corrected chi connectivity index (χ2v) is 6.63. The van der Waals surface area contributed by atoms with Crippen molar-refractivity contribution in [2.45, 2.75) is 19.9 Å². The minimum Gasteiger partial charge on any atom is -0.379 e. The summed E-state index contributed by atoms with van der Waals surface area (Å²) in [6.07, 6.45) is 0.461. The van der Waals surface area contributed by atoms with Gasteiger partial charge in [-0.2, -0.15) is 0 Å². The van der Waals surface area contributed by atoms with Gasteiger partial charge in [-0.25, -0.2) is 0 Å². The Labute approximate surface area is 155 Å². The maximum atomic E-state index is 12.1. The van der Waals surface area contributed by atoms with Gasteiger partial charge in [-0.1, -0.05) is 19.1 Å². The quantitative estimate of drug-likeness (QED) is 0.606. The molecule has 0 aromatic heterocycles. The molecule has 26 heavy (non-hydrogen) atoms. The minimum atomic E-state index is -0.0805. The summed E-state index contributed by atoms with van der Waals surface area (Å²) in [6, 6.07) is 7.58. The lowest BCUT2D eigenvalue weighted by Gasteiger charge is -2.26. The summed E-state index contributed by atoms with van der Waals surface area (Å²) in [5.41, 5.74) is 1.72. The number of nitrogens with zero attached hydrogens (tertiary/aromatic N) is 1. The molecule has 1 aliphatic rings. The average Bonchev–Trinajstić information content (AvgIpc) is 2.66. The van der Waals surface area contributed by atoms with Crippen molar-refractivity contribution in [3.8, 4) is 0 Å². The number of morpholine rings is 1. The zero-order chi connectivity index (χ0) is 18.8. The van der Waals surface area contributed by atoms with E-state index >= 15 is 0 Å². The van der Waals surface area contributed by atoms with Crippen LogP contribution in [0.15, 0.2) is 24.3 Å². The number of carbonyl (C=O) groups is 2. The molecular weight excluding hydrogens is 332 g/mol. The Morgan fingerprint density at radius 2 is 2.04 bits per heavy atom. The molecule has 0 saturated carbocycles. The van der Waals surface area contributed by atoms with Gasteiger partial charge in [0.05, 0.1) is 13.2 Å². The van der Waals surface area contributed by atoms with Crippen LogP contribution in [0.3, 0.4) is 0 Å². The maximum absolute atomic E-state index is 12.1. The van der Waals surface area contributed by atoms with Crippen LogP contribution in [-0.2, 0) is 20.9 Å². The molecule has 1 unspecified atom stereocenters. The number of nitrogens with one attached hydrogen (secondary N) is 3. The molecule has 1 aromatic rings. The van der Waals surface area contributed by atoms with Gasteiger partial charge in [0.15, 0.2) is 0 Å². The smallest absolute Gasteiger partial charge is 0.225 e. The fourth-order valence-electron chi connectivity index (χ4n) is 2.83. The average molecular weight is 362 g/mol. The molecule has 1 aliphatic heterocycles. The van der Waals surface area contributed by atoms with Crippen LogP contribution in [0, 0.1) is 5.92 Å². The van der Waals surface area contributed by atoms with Gasteiger partial charge in [-0.15, -0.1) is 0 Å². The van der Waals surface area contributed by atoms with Crippen molar-refractivity contribution in [2.24, 2.45) is 5.92 Å². The standard InChI is InChI=1S/C19H30N4O3/c1-15(13-20-2)19(25)21-14-16-4-3-5-17(12-16)22-18(24)6-7-23-8-10-26-11-9-23/h3-5,12,15,20H,6-11,13-14H2,1-2H3,(H,21,25)(H,22,24). The van der Waals surface area contributed by atoms with Crippen LogP contribution in [0.4, 0.5) is 5.69 Å². The molecule has 2 amide bonds. The molecule has 0 bridgehead atoms. The number of hydrogen-bond donors (Lipinski definition) is 3. The fourth-order valence-corrected chi connectivity index (χ4v) is 2.83. The molecule has 0 radical (unpaired) electrons. The Hall–Kier alpha value is -1.96. The first kappa shape index (κ1) is 20.4. The lowest BCUT2D eigenvalue weighted by Crippen LogP contribution is -2.38. The summed E-state index contributed by atoms with van der Waals surface area (Å²) < 4.78 is 5.31. The third-order valence-electron chi connectivity index (χ3n) is 4.39. The minimum absolute atomic E-state index is 0.000296. The summed E-state index contributed by atoms with van der Waals surface area (Å²) in [6.45, 7) is 6.97. The highest BCUT2D eigenvalue weighted by atomic mass is 16.5. The summed E-state index contributed by atoms with van der Waals surface area (Å²) >= 11 is 0. The molecular formula is C19H30N4O3. The highest BCUT2D eigenvalue weighted by Gasteiger charge is 2.13. The summed E-state index contributed by atoms with van der Waals surface area (Å²) in [5.74, 6) is -0.0670. The van der Waals surface area contributed by atoms with Crippen molar-refractivity contribution < 1.29 is 14.3 Å². The molecule has 2 rings (SSSR count). The third-order valence-corrected chi connectivity index (χ3v) is 4.39. The Kier molecular flexibility index (Phi) is 8.53. The van der Waals surface area contributed by atoms with Crippen LogP contribution >= 0.6 is 0 Å². The van der Waals surface area contributed by atoms with Crippen LogP contribution in [0.5, 0.6) is 0 Å². The van der Waals surface area contributed by atoms with E-state index in [1.54, 1.807) is 0 Å². The first-order chi connectivity index (χ1) is 12.6. The highest BCUT2D eigenvalue weighted by Crippen LogP contribution is 2.11. The van der Waals surface area contributed by atoms with Crippen molar-refractivity contribution in [1.29, 1.82) is 0 Å². The van der Waals surface area contributed by atoms with Gasteiger partial charge < -0.3 is 20.7 Å².